The summed E-state index contributed by atoms with van der Waals surface area (Å²) in [7, 11) is 0. The van der Waals surface area contributed by atoms with E-state index < -0.39 is 5.97 Å². The van der Waals surface area contributed by atoms with Gasteiger partial charge in [0.1, 0.15) is 0 Å². The number of carbonyl (C=O) groups excluding carboxylic acids is 1. The molecule has 0 aliphatic heterocycles. The molecule has 3 nitrogen and oxygen atoms in total. The van der Waals surface area contributed by atoms with Gasteiger partial charge in [0.05, 0.1) is 0 Å². The number of nitrogens with zero attached hydrogens (tertiary/aromatic N) is 1. The first-order valence-corrected chi connectivity index (χ1v) is 5.00. The van der Waals surface area contributed by atoms with E-state index in [9.17, 15) is 0 Å². The van der Waals surface area contributed by atoms with Crippen molar-refractivity contribution in [2.45, 2.75) is 20.8 Å². The van der Waals surface area contributed by atoms with Crippen LogP contribution in [0.3, 0.4) is 0 Å². The smallest absolute Gasteiger partial charge is 0.550 e. The minimum absolute atomic E-state index is 0. The minimum Gasteiger partial charge on any atom is -0.550 e. The van der Waals surface area contributed by atoms with Crippen LogP contribution in [0, 0.1) is 6.42 Å². The molecule has 0 fully saturated rings. The zero-order chi connectivity index (χ0) is 11.7. The molecule has 0 amide bonds. The van der Waals surface area contributed by atoms with Gasteiger partial charge in [0, 0.05) is 31.2 Å². The van der Waals surface area contributed by atoms with Crippen LogP contribution in [0.25, 0.3) is 0 Å². The van der Waals surface area contributed by atoms with E-state index in [-0.39, 0.29) is 27.7 Å². The van der Waals surface area contributed by atoms with E-state index >= 15 is 0 Å². The zero-order valence-corrected chi connectivity index (χ0v) is 15.7. The molecule has 0 N–H and O–H groups in total. The van der Waals surface area contributed by atoms with Crippen molar-refractivity contribution < 1.29 is 37.6 Å². The second kappa shape index (κ2) is 11.0. The molecule has 0 aromatic carbocycles. The maximum atomic E-state index is 8.89. The molecule has 0 bridgehead atoms. The number of hydrogen-bond acceptors (Lipinski definition) is 3. The van der Waals surface area contributed by atoms with Gasteiger partial charge in [-0.25, -0.2) is 0 Å². The predicted octanol–water partition coefficient (Wildman–Crippen LogP) is 0.895. The number of carbonyl (C=O) groups is 1. The third kappa shape index (κ3) is 8.75. The number of carboxylic acid groups (broad SMARTS) is 1. The fourth-order valence-electron chi connectivity index (χ4n) is 1.18. The average Bonchev–Trinajstić information content (AvgIpc) is 2.20. The summed E-state index contributed by atoms with van der Waals surface area (Å²) >= 11 is 0. The van der Waals surface area contributed by atoms with Crippen LogP contribution >= 0.6 is 0 Å². The van der Waals surface area contributed by atoms with E-state index in [2.05, 4.69) is 37.0 Å². The summed E-state index contributed by atoms with van der Waals surface area (Å²) in [6.45, 7) is 7.45. The molecule has 1 rings (SSSR count). The molecule has 84 valence electrons. The number of rotatable bonds is 3. The van der Waals surface area contributed by atoms with Crippen molar-refractivity contribution in [1.82, 2.24) is 4.90 Å². The van der Waals surface area contributed by atoms with Crippen LogP contribution < -0.4 is 5.11 Å². The number of aliphatic carboxylic acids is 1. The topological polar surface area (TPSA) is 43.4 Å². The SMILES string of the molecule is CC(=O)[O-].CCN(CC)C1=CC=C=C[CH]1.[Hg+]. The first-order valence-electron chi connectivity index (χ1n) is 5.00. The van der Waals surface area contributed by atoms with Crippen molar-refractivity contribution >= 4 is 5.97 Å². The summed E-state index contributed by atoms with van der Waals surface area (Å²) in [5, 5.41) is 8.89. The molecule has 16 heavy (non-hydrogen) atoms. The van der Waals surface area contributed by atoms with E-state index in [1.807, 2.05) is 12.2 Å². The van der Waals surface area contributed by atoms with Crippen molar-refractivity contribution in [3.8, 4) is 0 Å². The molecule has 0 unspecified atom stereocenters. The van der Waals surface area contributed by atoms with Gasteiger partial charge in [-0.2, -0.15) is 0 Å². The molecule has 0 spiro atoms. The first-order chi connectivity index (χ1) is 7.11. The van der Waals surface area contributed by atoms with Crippen LogP contribution in [-0.4, -0.2) is 24.0 Å². The van der Waals surface area contributed by atoms with Crippen LogP contribution in [0.4, 0.5) is 0 Å². The average molecular weight is 408 g/mol. The van der Waals surface area contributed by atoms with E-state index in [0.717, 1.165) is 20.0 Å². The molecular weight excluding hydrogens is 391 g/mol. The Hall–Kier alpha value is -0.535. The third-order valence-electron chi connectivity index (χ3n) is 1.83. The summed E-state index contributed by atoms with van der Waals surface area (Å²) in [5.74, 6) is -1.08. The summed E-state index contributed by atoms with van der Waals surface area (Å²) in [5.41, 5.74) is 4.30. The second-order valence-corrected chi connectivity index (χ2v) is 2.92. The first kappa shape index (κ1) is 17.8. The van der Waals surface area contributed by atoms with Crippen molar-refractivity contribution in [3.05, 3.63) is 36.1 Å². The predicted molar refractivity (Wildman–Crippen MR) is 58.6 cm³/mol. The van der Waals surface area contributed by atoms with E-state index in [1.54, 1.807) is 0 Å². The van der Waals surface area contributed by atoms with Crippen LogP contribution in [-0.2, 0) is 32.5 Å². The maximum Gasteiger partial charge on any atom is 1.00 e. The Bertz CT molecular complexity index is 283. The quantitative estimate of drug-likeness (QED) is 0.515. The van der Waals surface area contributed by atoms with Crippen molar-refractivity contribution in [3.63, 3.8) is 0 Å². The Labute approximate surface area is 118 Å². The Balaban J connectivity index is 0. The Kier molecular flexibility index (Phi) is 12.2. The third-order valence-corrected chi connectivity index (χ3v) is 1.83. The summed E-state index contributed by atoms with van der Waals surface area (Å²) in [6, 6.07) is 0. The number of hydrogen-bond donors (Lipinski definition) is 0. The zero-order valence-electron chi connectivity index (χ0n) is 10.2. The van der Waals surface area contributed by atoms with Gasteiger partial charge in [0.15, 0.2) is 0 Å². The van der Waals surface area contributed by atoms with Gasteiger partial charge in [0.25, 0.3) is 0 Å². The van der Waals surface area contributed by atoms with E-state index in [1.165, 1.54) is 5.70 Å². The summed E-state index contributed by atoms with van der Waals surface area (Å²) in [6.07, 6.45) is 8.08. The summed E-state index contributed by atoms with van der Waals surface area (Å²) < 4.78 is 0. The molecule has 2 radical (unpaired) electrons. The molecule has 0 aromatic heterocycles. The summed E-state index contributed by atoms with van der Waals surface area (Å²) in [4.78, 5) is 11.2. The van der Waals surface area contributed by atoms with Crippen LogP contribution in [0.1, 0.15) is 20.8 Å². The fraction of sp³-hybridized carbons (Fsp3) is 0.417. The van der Waals surface area contributed by atoms with Gasteiger partial charge in [-0.3, -0.25) is 0 Å². The Morgan fingerprint density at radius 3 is 2.19 bits per heavy atom. The number of carboxylic acids is 1. The van der Waals surface area contributed by atoms with Gasteiger partial charge in [-0.05, 0) is 39.0 Å². The van der Waals surface area contributed by atoms with Crippen molar-refractivity contribution in [2.75, 3.05) is 13.1 Å². The molecule has 4 heteroatoms. The van der Waals surface area contributed by atoms with Crippen LogP contribution in [0.15, 0.2) is 29.7 Å². The Morgan fingerprint density at radius 2 is 1.88 bits per heavy atom. The van der Waals surface area contributed by atoms with Crippen LogP contribution in [0.2, 0.25) is 0 Å². The van der Waals surface area contributed by atoms with Gasteiger partial charge >= 0.3 is 27.7 Å². The second-order valence-electron chi connectivity index (χ2n) is 2.92. The van der Waals surface area contributed by atoms with E-state index in [4.69, 9.17) is 9.90 Å². The normalized spacial score (nSPS) is 11.8. The molecule has 1 aliphatic rings. The fourth-order valence-corrected chi connectivity index (χ4v) is 1.18. The Morgan fingerprint density at radius 1 is 1.38 bits per heavy atom. The largest absolute Gasteiger partial charge is 1.00 e. The minimum atomic E-state index is -1.08. The van der Waals surface area contributed by atoms with Crippen LogP contribution in [0.5, 0.6) is 0 Å². The molecule has 0 aromatic rings. The van der Waals surface area contributed by atoms with Crippen molar-refractivity contribution in [2.24, 2.45) is 0 Å². The van der Waals surface area contributed by atoms with Gasteiger partial charge in [-0.1, -0.05) is 0 Å². The van der Waals surface area contributed by atoms with Gasteiger partial charge in [0.2, 0.25) is 0 Å². The standard InChI is InChI=1S/C10H14N.C2H4O2.Hg/c1-3-11(4-2)10-8-6-5-7-9-10;1-2(3)4;/h6-9H,3-4H2,1-2H3;1H3,(H,3,4);/q;;+1/p-1. The van der Waals surface area contributed by atoms with E-state index in [0.29, 0.717) is 0 Å². The number of allylic oxidation sites excluding steroid dienone is 2. The molecule has 0 heterocycles. The van der Waals surface area contributed by atoms with Gasteiger partial charge < -0.3 is 14.8 Å². The molecule has 0 saturated heterocycles. The molecular formula is C12H17HgNO2. The molecule has 0 saturated carbocycles. The van der Waals surface area contributed by atoms with Crippen molar-refractivity contribution in [1.29, 1.82) is 0 Å². The molecule has 1 aliphatic carbocycles. The maximum absolute atomic E-state index is 8.89. The van der Waals surface area contributed by atoms with Gasteiger partial charge in [-0.15, -0.1) is 5.73 Å². The molecule has 0 atom stereocenters. The monoisotopic (exact) mass is 409 g/mol.